The van der Waals surface area contributed by atoms with Gasteiger partial charge in [0.15, 0.2) is 0 Å². The summed E-state index contributed by atoms with van der Waals surface area (Å²) in [4.78, 5) is 33.1. The molecule has 0 aromatic carbocycles. The van der Waals surface area contributed by atoms with Crippen LogP contribution in [0.25, 0.3) is 0 Å². The molecule has 1 aliphatic carbocycles. The van der Waals surface area contributed by atoms with E-state index < -0.39 is 0 Å². The summed E-state index contributed by atoms with van der Waals surface area (Å²) in [5, 5.41) is 0. The molecule has 1 aromatic rings. The molecule has 0 fully saturated rings. The Morgan fingerprint density at radius 3 is 3.00 bits per heavy atom. The van der Waals surface area contributed by atoms with Gasteiger partial charge in [-0.05, 0) is 26.3 Å². The van der Waals surface area contributed by atoms with E-state index in [-0.39, 0.29) is 24.0 Å². The Morgan fingerprint density at radius 2 is 2.23 bits per heavy atom. The molecule has 2 aliphatic rings. The lowest BCUT2D eigenvalue weighted by Gasteiger charge is -2.14. The van der Waals surface area contributed by atoms with Crippen molar-refractivity contribution in [3.8, 4) is 0 Å². The fraction of sp³-hybridized carbons (Fsp3) is 0.375. The van der Waals surface area contributed by atoms with Crippen LogP contribution >= 0.6 is 0 Å². The second kappa shape index (κ2) is 5.71. The molecule has 6 heteroatoms. The summed E-state index contributed by atoms with van der Waals surface area (Å²) in [6.45, 7) is 3.88. The molecule has 1 atom stereocenters. The van der Waals surface area contributed by atoms with E-state index in [0.29, 0.717) is 30.2 Å². The number of carbonyl (C=O) groups excluding carboxylic acids is 1. The number of aromatic nitrogens is 2. The minimum Gasteiger partial charge on any atom is -0.466 e. The molecule has 0 bridgehead atoms. The molecule has 1 aliphatic heterocycles. The number of aryl methyl sites for hydroxylation is 1. The molecule has 0 saturated carbocycles. The number of aliphatic imine (C=N–C) groups is 1. The number of allylic oxidation sites excluding steroid dienone is 4. The van der Waals surface area contributed by atoms with Crippen LogP contribution in [-0.4, -0.2) is 27.8 Å². The minimum atomic E-state index is -0.302. The molecule has 0 N–H and O–H groups in total. The van der Waals surface area contributed by atoms with Gasteiger partial charge in [0.05, 0.1) is 18.0 Å². The van der Waals surface area contributed by atoms with Crippen LogP contribution in [-0.2, 0) is 16.0 Å². The van der Waals surface area contributed by atoms with Gasteiger partial charge in [-0.25, -0.2) is 9.98 Å². The van der Waals surface area contributed by atoms with Crippen LogP contribution in [0.2, 0.25) is 0 Å². The standard InChI is InChI=1S/C16H17N3O3/c1-3-22-14(20)9-8-11-10(2)17-16-18-12-6-4-5-7-13(12)19(16)15(11)21/h4-7,13H,3,8-9H2,1-2H3. The van der Waals surface area contributed by atoms with Gasteiger partial charge < -0.3 is 4.74 Å². The van der Waals surface area contributed by atoms with Crippen molar-refractivity contribution in [3.05, 3.63) is 45.9 Å². The highest BCUT2D eigenvalue weighted by atomic mass is 16.5. The van der Waals surface area contributed by atoms with Gasteiger partial charge in [0.25, 0.3) is 5.56 Å². The summed E-state index contributed by atoms with van der Waals surface area (Å²) in [6, 6.07) is -0.193. The maximum atomic E-state index is 12.7. The molecule has 0 radical (unpaired) electrons. The number of esters is 1. The number of carbonyl (C=O) groups is 1. The SMILES string of the molecule is CCOC(=O)CCc1c(C)nc2n(c1=O)C1C=CC=CC1=N2. The number of ether oxygens (including phenoxy) is 1. The predicted molar refractivity (Wildman–Crippen MR) is 82.6 cm³/mol. The zero-order valence-electron chi connectivity index (χ0n) is 12.6. The average molecular weight is 299 g/mol. The van der Waals surface area contributed by atoms with Crippen LogP contribution in [0.5, 0.6) is 0 Å². The number of hydrogen-bond acceptors (Lipinski definition) is 5. The first-order valence-corrected chi connectivity index (χ1v) is 7.33. The Morgan fingerprint density at radius 1 is 1.41 bits per heavy atom. The maximum Gasteiger partial charge on any atom is 0.306 e. The van der Waals surface area contributed by atoms with Crippen molar-refractivity contribution in [2.45, 2.75) is 32.7 Å². The van der Waals surface area contributed by atoms with E-state index in [0.717, 1.165) is 5.71 Å². The van der Waals surface area contributed by atoms with Crippen molar-refractivity contribution in [2.75, 3.05) is 6.61 Å². The van der Waals surface area contributed by atoms with Crippen molar-refractivity contribution in [2.24, 2.45) is 4.99 Å². The smallest absolute Gasteiger partial charge is 0.306 e. The van der Waals surface area contributed by atoms with E-state index in [1.165, 1.54) is 0 Å². The third-order valence-electron chi connectivity index (χ3n) is 3.76. The Bertz CT molecular complexity index is 772. The van der Waals surface area contributed by atoms with Crippen molar-refractivity contribution >= 4 is 17.6 Å². The highest BCUT2D eigenvalue weighted by molar-refractivity contribution is 6.03. The second-order valence-corrected chi connectivity index (χ2v) is 5.18. The van der Waals surface area contributed by atoms with Gasteiger partial charge in [-0.2, -0.15) is 0 Å². The predicted octanol–water partition coefficient (Wildman–Crippen LogP) is 1.80. The van der Waals surface area contributed by atoms with Crippen LogP contribution in [0.4, 0.5) is 5.95 Å². The molecule has 114 valence electrons. The van der Waals surface area contributed by atoms with Gasteiger partial charge in [0.2, 0.25) is 5.95 Å². The van der Waals surface area contributed by atoms with Crippen LogP contribution < -0.4 is 5.56 Å². The molecular formula is C16H17N3O3. The average Bonchev–Trinajstić information content (AvgIpc) is 2.85. The van der Waals surface area contributed by atoms with Crippen molar-refractivity contribution in [1.82, 2.24) is 9.55 Å². The van der Waals surface area contributed by atoms with Crippen LogP contribution in [0, 0.1) is 6.92 Å². The van der Waals surface area contributed by atoms with Gasteiger partial charge in [0, 0.05) is 12.0 Å². The Kier molecular flexibility index (Phi) is 3.75. The summed E-state index contributed by atoms with van der Waals surface area (Å²) in [5.74, 6) is 0.128. The van der Waals surface area contributed by atoms with E-state index >= 15 is 0 Å². The number of nitrogens with zero attached hydrogens (tertiary/aromatic N) is 3. The van der Waals surface area contributed by atoms with Gasteiger partial charge in [-0.1, -0.05) is 18.2 Å². The van der Waals surface area contributed by atoms with Crippen molar-refractivity contribution in [1.29, 1.82) is 0 Å². The summed E-state index contributed by atoms with van der Waals surface area (Å²) >= 11 is 0. The highest BCUT2D eigenvalue weighted by Gasteiger charge is 2.28. The molecule has 1 unspecified atom stereocenters. The van der Waals surface area contributed by atoms with E-state index in [4.69, 9.17) is 4.74 Å². The van der Waals surface area contributed by atoms with Gasteiger partial charge in [-0.3, -0.25) is 14.2 Å². The molecule has 6 nitrogen and oxygen atoms in total. The quantitative estimate of drug-likeness (QED) is 0.795. The van der Waals surface area contributed by atoms with Crippen LogP contribution in [0.1, 0.15) is 30.6 Å². The van der Waals surface area contributed by atoms with Gasteiger partial charge in [0.1, 0.15) is 6.04 Å². The normalized spacial score (nSPS) is 17.9. The van der Waals surface area contributed by atoms with E-state index in [2.05, 4.69) is 9.98 Å². The number of hydrogen-bond donors (Lipinski definition) is 0. The molecular weight excluding hydrogens is 282 g/mol. The largest absolute Gasteiger partial charge is 0.466 e. The lowest BCUT2D eigenvalue weighted by Crippen LogP contribution is -2.29. The number of fused-ring (bicyclic) bond motifs is 3. The minimum absolute atomic E-state index is 0.129. The van der Waals surface area contributed by atoms with Crippen LogP contribution in [0.15, 0.2) is 34.1 Å². The van der Waals surface area contributed by atoms with Gasteiger partial charge in [-0.15, -0.1) is 0 Å². The fourth-order valence-electron chi connectivity index (χ4n) is 2.70. The van der Waals surface area contributed by atoms with E-state index in [1.54, 1.807) is 18.4 Å². The summed E-state index contributed by atoms with van der Waals surface area (Å²) < 4.78 is 6.50. The Hall–Kier alpha value is -2.50. The molecule has 0 spiro atoms. The fourth-order valence-corrected chi connectivity index (χ4v) is 2.70. The second-order valence-electron chi connectivity index (χ2n) is 5.18. The monoisotopic (exact) mass is 299 g/mol. The number of rotatable bonds is 4. The zero-order valence-corrected chi connectivity index (χ0v) is 12.6. The zero-order chi connectivity index (χ0) is 15.7. The maximum absolute atomic E-state index is 12.7. The lowest BCUT2D eigenvalue weighted by atomic mass is 10.1. The first-order valence-electron chi connectivity index (χ1n) is 7.33. The van der Waals surface area contributed by atoms with Gasteiger partial charge >= 0.3 is 5.97 Å². The molecule has 0 amide bonds. The van der Waals surface area contributed by atoms with Crippen molar-refractivity contribution < 1.29 is 9.53 Å². The highest BCUT2D eigenvalue weighted by Crippen LogP contribution is 2.28. The molecule has 2 heterocycles. The molecule has 3 rings (SSSR count). The third-order valence-corrected chi connectivity index (χ3v) is 3.76. The summed E-state index contributed by atoms with van der Waals surface area (Å²) in [6.07, 6.45) is 8.09. The summed E-state index contributed by atoms with van der Waals surface area (Å²) in [7, 11) is 0. The van der Waals surface area contributed by atoms with Crippen molar-refractivity contribution in [3.63, 3.8) is 0 Å². The molecule has 0 saturated heterocycles. The Labute approximate surface area is 127 Å². The topological polar surface area (TPSA) is 73.5 Å². The molecule has 1 aromatic heterocycles. The first-order chi connectivity index (χ1) is 10.6. The first kappa shape index (κ1) is 14.4. The Balaban J connectivity index is 1.93. The third kappa shape index (κ3) is 2.41. The lowest BCUT2D eigenvalue weighted by molar-refractivity contribution is -0.143. The van der Waals surface area contributed by atoms with E-state index in [9.17, 15) is 9.59 Å². The summed E-state index contributed by atoms with van der Waals surface area (Å²) in [5.41, 5.74) is 1.86. The van der Waals surface area contributed by atoms with Crippen LogP contribution in [0.3, 0.4) is 0 Å². The molecule has 22 heavy (non-hydrogen) atoms. The van der Waals surface area contributed by atoms with E-state index in [1.807, 2.05) is 24.3 Å².